The lowest BCUT2D eigenvalue weighted by atomic mass is 10.1. The third-order valence-electron chi connectivity index (χ3n) is 3.71. The zero-order valence-electron chi connectivity index (χ0n) is 12.7. The van der Waals surface area contributed by atoms with Crippen LogP contribution >= 0.6 is 0 Å². The molecule has 1 N–H and O–H groups in total. The Morgan fingerprint density at radius 3 is 2.96 bits per heavy atom. The number of amides is 1. The summed E-state index contributed by atoms with van der Waals surface area (Å²) in [6.45, 7) is 1.59. The van der Waals surface area contributed by atoms with Crippen molar-refractivity contribution >= 4 is 5.91 Å². The maximum absolute atomic E-state index is 12.2. The van der Waals surface area contributed by atoms with Crippen LogP contribution in [0.25, 0.3) is 0 Å². The van der Waals surface area contributed by atoms with E-state index in [0.717, 1.165) is 12.0 Å². The number of ether oxygens (including phenoxy) is 2. The van der Waals surface area contributed by atoms with Gasteiger partial charge in [0.05, 0.1) is 31.6 Å². The van der Waals surface area contributed by atoms with Gasteiger partial charge in [0.15, 0.2) is 0 Å². The van der Waals surface area contributed by atoms with E-state index in [1.165, 1.54) is 18.6 Å². The van der Waals surface area contributed by atoms with Crippen molar-refractivity contribution in [2.45, 2.75) is 25.2 Å². The number of hydrogen-bond acceptors (Lipinski definition) is 5. The predicted octanol–water partition coefficient (Wildman–Crippen LogP) is 1.58. The monoisotopic (exact) mass is 313 g/mol. The summed E-state index contributed by atoms with van der Waals surface area (Å²) in [4.78, 5) is 20.1. The molecule has 120 valence electrons. The minimum absolute atomic E-state index is 0.0791. The summed E-state index contributed by atoms with van der Waals surface area (Å²) in [5.41, 5.74) is 1.40. The number of rotatable bonds is 5. The van der Waals surface area contributed by atoms with E-state index in [9.17, 15) is 4.79 Å². The summed E-state index contributed by atoms with van der Waals surface area (Å²) < 4.78 is 11.5. The highest BCUT2D eigenvalue weighted by Gasteiger charge is 2.28. The highest BCUT2D eigenvalue weighted by atomic mass is 16.5. The lowest BCUT2D eigenvalue weighted by molar-refractivity contribution is -0.0605. The fraction of sp³-hybridized carbons (Fsp3) is 0.353. The molecule has 3 rings (SSSR count). The number of nitrogens with zero attached hydrogens (tertiary/aromatic N) is 2. The zero-order chi connectivity index (χ0) is 15.9. The van der Waals surface area contributed by atoms with Crippen LogP contribution < -0.4 is 5.32 Å². The summed E-state index contributed by atoms with van der Waals surface area (Å²) >= 11 is 0. The molecule has 1 aromatic heterocycles. The van der Waals surface area contributed by atoms with Crippen molar-refractivity contribution < 1.29 is 14.3 Å². The van der Waals surface area contributed by atoms with Gasteiger partial charge in [-0.1, -0.05) is 30.3 Å². The molecule has 1 aromatic carbocycles. The Balaban J connectivity index is 1.59. The van der Waals surface area contributed by atoms with Crippen LogP contribution in [0.4, 0.5) is 0 Å². The smallest absolute Gasteiger partial charge is 0.271 e. The Morgan fingerprint density at radius 1 is 1.30 bits per heavy atom. The van der Waals surface area contributed by atoms with E-state index in [4.69, 9.17) is 9.47 Å². The zero-order valence-corrected chi connectivity index (χ0v) is 12.7. The van der Waals surface area contributed by atoms with Crippen molar-refractivity contribution in [1.82, 2.24) is 15.3 Å². The van der Waals surface area contributed by atoms with Crippen LogP contribution in [0.5, 0.6) is 0 Å². The topological polar surface area (TPSA) is 73.3 Å². The first-order chi connectivity index (χ1) is 11.3. The van der Waals surface area contributed by atoms with E-state index >= 15 is 0 Å². The van der Waals surface area contributed by atoms with Crippen molar-refractivity contribution in [2.24, 2.45) is 0 Å². The van der Waals surface area contributed by atoms with Gasteiger partial charge in [0.1, 0.15) is 5.69 Å². The second-order valence-corrected chi connectivity index (χ2v) is 5.37. The lowest BCUT2D eigenvalue weighted by Gasteiger charge is -2.32. The first kappa shape index (κ1) is 15.6. The van der Waals surface area contributed by atoms with Gasteiger partial charge in [-0.25, -0.2) is 4.98 Å². The quantitative estimate of drug-likeness (QED) is 0.907. The number of hydrogen-bond donors (Lipinski definition) is 1. The van der Waals surface area contributed by atoms with Crippen molar-refractivity contribution in [2.75, 3.05) is 13.2 Å². The molecule has 0 radical (unpaired) electrons. The molecular weight excluding hydrogens is 294 g/mol. The fourth-order valence-electron chi connectivity index (χ4n) is 2.49. The highest BCUT2D eigenvalue weighted by Crippen LogP contribution is 2.15. The van der Waals surface area contributed by atoms with Crippen molar-refractivity contribution in [3.63, 3.8) is 0 Å². The number of benzene rings is 1. The lowest BCUT2D eigenvalue weighted by Crippen LogP contribution is -2.50. The molecule has 1 aliphatic rings. The molecule has 1 saturated heterocycles. The Labute approximate surface area is 134 Å². The second-order valence-electron chi connectivity index (χ2n) is 5.37. The Kier molecular flexibility index (Phi) is 5.29. The van der Waals surface area contributed by atoms with Gasteiger partial charge in [0.2, 0.25) is 0 Å². The third kappa shape index (κ3) is 4.34. The highest BCUT2D eigenvalue weighted by molar-refractivity contribution is 5.92. The van der Waals surface area contributed by atoms with Crippen LogP contribution in [-0.2, 0) is 16.1 Å². The van der Waals surface area contributed by atoms with E-state index in [0.29, 0.717) is 25.5 Å². The fourth-order valence-corrected chi connectivity index (χ4v) is 2.49. The van der Waals surface area contributed by atoms with Crippen LogP contribution in [0.1, 0.15) is 22.5 Å². The first-order valence-electron chi connectivity index (χ1n) is 7.63. The van der Waals surface area contributed by atoms with Crippen LogP contribution in [-0.4, -0.2) is 41.2 Å². The number of aromatic nitrogens is 2. The SMILES string of the molecule is O=C(N[C@@H]1COCC[C@@H]1OCc1ccccc1)c1cnccn1. The van der Waals surface area contributed by atoms with Gasteiger partial charge in [0.25, 0.3) is 5.91 Å². The van der Waals surface area contributed by atoms with Crippen molar-refractivity contribution in [1.29, 1.82) is 0 Å². The molecule has 2 aromatic rings. The molecule has 23 heavy (non-hydrogen) atoms. The molecule has 2 atom stereocenters. The molecule has 6 heteroatoms. The van der Waals surface area contributed by atoms with E-state index in [-0.39, 0.29) is 18.1 Å². The predicted molar refractivity (Wildman–Crippen MR) is 83.7 cm³/mol. The van der Waals surface area contributed by atoms with E-state index in [2.05, 4.69) is 15.3 Å². The summed E-state index contributed by atoms with van der Waals surface area (Å²) in [7, 11) is 0. The third-order valence-corrected chi connectivity index (χ3v) is 3.71. The molecule has 1 amide bonds. The molecular formula is C17H19N3O3. The van der Waals surface area contributed by atoms with Gasteiger partial charge in [-0.2, -0.15) is 0 Å². The molecule has 0 spiro atoms. The van der Waals surface area contributed by atoms with E-state index in [1.807, 2.05) is 30.3 Å². The van der Waals surface area contributed by atoms with Crippen molar-refractivity contribution in [3.8, 4) is 0 Å². The minimum atomic E-state index is -0.262. The van der Waals surface area contributed by atoms with E-state index < -0.39 is 0 Å². The first-order valence-corrected chi connectivity index (χ1v) is 7.63. The maximum Gasteiger partial charge on any atom is 0.271 e. The van der Waals surface area contributed by atoms with Gasteiger partial charge >= 0.3 is 0 Å². The average Bonchev–Trinajstić information content (AvgIpc) is 2.62. The van der Waals surface area contributed by atoms with Gasteiger partial charge in [-0.3, -0.25) is 9.78 Å². The summed E-state index contributed by atoms with van der Waals surface area (Å²) in [5, 5.41) is 2.93. The van der Waals surface area contributed by atoms with Crippen LogP contribution in [0, 0.1) is 0 Å². The molecule has 6 nitrogen and oxygen atoms in total. The standard InChI is InChI=1S/C17H19N3O3/c21-17(14-10-18-7-8-19-14)20-15-12-22-9-6-16(15)23-11-13-4-2-1-3-5-13/h1-5,7-8,10,15-16H,6,9,11-12H2,(H,20,21)/t15-,16+/m1/s1. The van der Waals surface area contributed by atoms with Crippen LogP contribution in [0.15, 0.2) is 48.9 Å². The molecule has 1 fully saturated rings. The van der Waals surface area contributed by atoms with Crippen LogP contribution in [0.2, 0.25) is 0 Å². The second kappa shape index (κ2) is 7.80. The van der Waals surface area contributed by atoms with Crippen molar-refractivity contribution in [3.05, 3.63) is 60.2 Å². The number of nitrogens with one attached hydrogen (secondary N) is 1. The summed E-state index contributed by atoms with van der Waals surface area (Å²) in [5.74, 6) is -0.262. The van der Waals surface area contributed by atoms with Gasteiger partial charge in [0, 0.05) is 19.0 Å². The summed E-state index contributed by atoms with van der Waals surface area (Å²) in [6.07, 6.45) is 5.14. The molecule has 0 saturated carbocycles. The Hall–Kier alpha value is -2.31. The molecule has 1 aliphatic heterocycles. The van der Waals surface area contributed by atoms with E-state index in [1.54, 1.807) is 0 Å². The largest absolute Gasteiger partial charge is 0.379 e. The maximum atomic E-state index is 12.2. The normalized spacial score (nSPS) is 20.9. The molecule has 0 aliphatic carbocycles. The van der Waals surface area contributed by atoms with Gasteiger partial charge in [-0.15, -0.1) is 0 Å². The Morgan fingerprint density at radius 2 is 2.17 bits per heavy atom. The van der Waals surface area contributed by atoms with Gasteiger partial charge < -0.3 is 14.8 Å². The molecule has 0 bridgehead atoms. The minimum Gasteiger partial charge on any atom is -0.379 e. The molecule has 0 unspecified atom stereocenters. The summed E-state index contributed by atoms with van der Waals surface area (Å²) in [6, 6.07) is 9.79. The van der Waals surface area contributed by atoms with Gasteiger partial charge in [-0.05, 0) is 12.0 Å². The van der Waals surface area contributed by atoms with Crippen LogP contribution in [0.3, 0.4) is 0 Å². The Bertz CT molecular complexity index is 621. The number of carbonyl (C=O) groups excluding carboxylic acids is 1. The molecule has 2 heterocycles. The average molecular weight is 313 g/mol. The number of carbonyl (C=O) groups is 1.